The van der Waals surface area contributed by atoms with E-state index in [2.05, 4.69) is 20.5 Å². The van der Waals surface area contributed by atoms with Crippen molar-refractivity contribution in [2.24, 2.45) is 0 Å². The van der Waals surface area contributed by atoms with E-state index in [1.165, 1.54) is 20.2 Å². The normalized spacial score (nSPS) is 20.8. The molecule has 10 nitrogen and oxygen atoms in total. The number of carbonyl (C=O) groups is 3. The van der Waals surface area contributed by atoms with E-state index in [9.17, 15) is 19.5 Å². The maximum absolute atomic E-state index is 13.1. The number of nitrogens with one attached hydrogen (secondary N) is 2. The van der Waals surface area contributed by atoms with Crippen molar-refractivity contribution in [1.29, 1.82) is 0 Å². The number of aromatic nitrogens is 1. The van der Waals surface area contributed by atoms with Gasteiger partial charge < -0.3 is 30.1 Å². The first-order valence-corrected chi connectivity index (χ1v) is 14.0. The minimum absolute atomic E-state index is 0.0496. The van der Waals surface area contributed by atoms with Crippen molar-refractivity contribution < 1.29 is 29.0 Å². The molecule has 2 aliphatic rings. The molecule has 1 aromatic heterocycles. The number of carbonyl (C=O) groups excluding carboxylic acids is 2. The Hall–Kier alpha value is -4.60. The molecule has 2 fully saturated rings. The molecular weight excluding hydrogens is 536 g/mol. The summed E-state index contributed by atoms with van der Waals surface area (Å²) in [5.74, 6) is 0.231. The minimum atomic E-state index is -1.64. The van der Waals surface area contributed by atoms with E-state index in [0.717, 1.165) is 37.1 Å². The van der Waals surface area contributed by atoms with Crippen LogP contribution in [0.4, 0.5) is 5.82 Å². The summed E-state index contributed by atoms with van der Waals surface area (Å²) in [6, 6.07) is 16.0. The Balaban J connectivity index is 1.25. The number of carboxylic acid groups (broad SMARTS) is 1. The lowest BCUT2D eigenvalue weighted by Crippen LogP contribution is -2.51. The van der Waals surface area contributed by atoms with Crippen molar-refractivity contribution in [3.8, 4) is 11.5 Å². The van der Waals surface area contributed by atoms with Crippen LogP contribution in [0, 0.1) is 6.92 Å². The molecule has 3 aromatic rings. The van der Waals surface area contributed by atoms with E-state index >= 15 is 0 Å². The molecule has 0 saturated carbocycles. The lowest BCUT2D eigenvalue weighted by Gasteiger charge is -2.40. The summed E-state index contributed by atoms with van der Waals surface area (Å²) in [7, 11) is 3.12. The van der Waals surface area contributed by atoms with E-state index < -0.39 is 17.4 Å². The number of pyridine rings is 1. The summed E-state index contributed by atoms with van der Waals surface area (Å²) in [5.41, 5.74) is 0.478. The number of nitrogens with zero attached hydrogens (tertiary/aromatic N) is 2. The first-order valence-electron chi connectivity index (χ1n) is 14.0. The van der Waals surface area contributed by atoms with Crippen molar-refractivity contribution in [2.45, 2.75) is 63.2 Å². The average Bonchev–Trinajstić information content (AvgIpc) is 3.26. The third-order valence-electron chi connectivity index (χ3n) is 8.55. The Morgan fingerprint density at radius 3 is 2.21 bits per heavy atom. The van der Waals surface area contributed by atoms with Gasteiger partial charge in [-0.3, -0.25) is 9.59 Å². The highest BCUT2D eigenvalue weighted by Gasteiger charge is 2.42. The number of methoxy groups -OCH3 is 2. The van der Waals surface area contributed by atoms with Gasteiger partial charge >= 0.3 is 5.97 Å². The molecule has 5 rings (SSSR count). The summed E-state index contributed by atoms with van der Waals surface area (Å²) < 4.78 is 10.5. The average molecular weight is 573 g/mol. The molecule has 2 unspecified atom stereocenters. The molecule has 3 heterocycles. The Kier molecular flexibility index (Phi) is 8.06. The van der Waals surface area contributed by atoms with Gasteiger partial charge in [-0.1, -0.05) is 18.2 Å². The molecule has 3 atom stereocenters. The number of anilines is 1. The molecule has 42 heavy (non-hydrogen) atoms. The third-order valence-corrected chi connectivity index (χ3v) is 8.55. The van der Waals surface area contributed by atoms with Gasteiger partial charge in [-0.15, -0.1) is 0 Å². The van der Waals surface area contributed by atoms with Crippen LogP contribution in [-0.2, 0) is 10.3 Å². The van der Waals surface area contributed by atoms with Crippen LogP contribution < -0.4 is 25.0 Å². The highest BCUT2D eigenvalue weighted by molar-refractivity contribution is 5.98. The van der Waals surface area contributed by atoms with Crippen molar-refractivity contribution in [2.75, 3.05) is 19.1 Å². The maximum Gasteiger partial charge on any atom is 0.333 e. The Morgan fingerprint density at radius 1 is 0.952 bits per heavy atom. The van der Waals surface area contributed by atoms with Crippen LogP contribution in [0.2, 0.25) is 0 Å². The van der Waals surface area contributed by atoms with Crippen LogP contribution in [0.3, 0.4) is 0 Å². The molecule has 2 aromatic carbocycles. The Labute approximate surface area is 245 Å². The maximum atomic E-state index is 13.1. The minimum Gasteiger partial charge on any atom is -0.497 e. The predicted molar refractivity (Wildman–Crippen MR) is 157 cm³/mol. The van der Waals surface area contributed by atoms with Crippen molar-refractivity contribution in [1.82, 2.24) is 15.6 Å². The fourth-order valence-corrected chi connectivity index (χ4v) is 6.16. The van der Waals surface area contributed by atoms with Crippen molar-refractivity contribution >= 4 is 23.6 Å². The third kappa shape index (κ3) is 5.48. The number of rotatable bonds is 9. The van der Waals surface area contributed by atoms with Gasteiger partial charge in [-0.25, -0.2) is 9.78 Å². The summed E-state index contributed by atoms with van der Waals surface area (Å²) in [4.78, 5) is 45.3. The lowest BCUT2D eigenvalue weighted by molar-refractivity contribution is -0.144. The lowest BCUT2D eigenvalue weighted by atomic mass is 9.91. The predicted octanol–water partition coefficient (Wildman–Crippen LogP) is 4.07. The molecular formula is C32H36N4O6. The number of hydrogen-bond donors (Lipinski definition) is 3. The Morgan fingerprint density at radius 2 is 1.64 bits per heavy atom. The van der Waals surface area contributed by atoms with Crippen molar-refractivity contribution in [3.05, 3.63) is 83.0 Å². The molecule has 2 bridgehead atoms. The molecule has 2 amide bonds. The van der Waals surface area contributed by atoms with E-state index in [1.807, 2.05) is 31.2 Å². The van der Waals surface area contributed by atoms with Crippen LogP contribution in [0.15, 0.2) is 60.8 Å². The van der Waals surface area contributed by atoms with Crippen LogP contribution in [-0.4, -0.2) is 60.2 Å². The van der Waals surface area contributed by atoms with Crippen LogP contribution in [0.5, 0.6) is 11.5 Å². The second kappa shape index (κ2) is 11.7. The first kappa shape index (κ1) is 28.9. The fraction of sp³-hybridized carbons (Fsp3) is 0.375. The number of carboxylic acids is 1. The fourth-order valence-electron chi connectivity index (χ4n) is 6.16. The van der Waals surface area contributed by atoms with E-state index in [1.54, 1.807) is 37.4 Å². The molecule has 2 aliphatic heterocycles. The summed E-state index contributed by atoms with van der Waals surface area (Å²) in [6.07, 6.45) is 5.08. The second-order valence-electron chi connectivity index (χ2n) is 11.1. The SMILES string of the molecule is COc1ccc([C@](C)(NC(=O)c2ccc(N3C4CCC3CC(NC(=O)c3cccc(OC)c3C)C4)nc2)C(=O)O)cc1. The molecule has 0 spiro atoms. The highest BCUT2D eigenvalue weighted by Crippen LogP contribution is 2.39. The monoisotopic (exact) mass is 572 g/mol. The van der Waals surface area contributed by atoms with Gasteiger partial charge in [0.1, 0.15) is 17.3 Å². The number of ether oxygens (including phenoxy) is 2. The van der Waals surface area contributed by atoms with E-state index in [4.69, 9.17) is 9.47 Å². The van der Waals surface area contributed by atoms with Gasteiger partial charge in [-0.05, 0) is 81.5 Å². The van der Waals surface area contributed by atoms with Gasteiger partial charge in [0, 0.05) is 35.4 Å². The number of hydrogen-bond acceptors (Lipinski definition) is 7. The number of amides is 2. The molecule has 220 valence electrons. The first-order chi connectivity index (χ1) is 20.1. The van der Waals surface area contributed by atoms with E-state index in [-0.39, 0.29) is 29.6 Å². The Bertz CT molecular complexity index is 1460. The summed E-state index contributed by atoms with van der Waals surface area (Å²) >= 11 is 0. The largest absolute Gasteiger partial charge is 0.497 e. The quantitative estimate of drug-likeness (QED) is 0.350. The summed E-state index contributed by atoms with van der Waals surface area (Å²) in [5, 5.41) is 15.9. The topological polar surface area (TPSA) is 130 Å². The zero-order valence-electron chi connectivity index (χ0n) is 24.2. The standard InChI is InChI=1S/C32H36N4O6/c1-19-26(6-5-7-27(19)42-4)30(38)34-22-16-23-11-12-24(17-22)36(23)28-15-8-20(18-33-28)29(37)35-32(2,31(39)40)21-9-13-25(41-3)14-10-21/h5-10,13-15,18,22-24H,11-12,16-17H2,1-4H3,(H,34,38)(H,35,37)(H,39,40)/t22?,23?,24?,32-/m0/s1. The van der Waals surface area contributed by atoms with E-state index in [0.29, 0.717) is 22.6 Å². The molecule has 3 N–H and O–H groups in total. The molecule has 0 radical (unpaired) electrons. The van der Waals surface area contributed by atoms with Gasteiger partial charge in [0.15, 0.2) is 5.54 Å². The number of piperidine rings is 1. The molecule has 0 aliphatic carbocycles. The van der Waals surface area contributed by atoms with Gasteiger partial charge in [-0.2, -0.15) is 0 Å². The van der Waals surface area contributed by atoms with Gasteiger partial charge in [0.25, 0.3) is 11.8 Å². The second-order valence-corrected chi connectivity index (χ2v) is 11.1. The molecule has 2 saturated heterocycles. The molecule has 10 heteroatoms. The smallest absolute Gasteiger partial charge is 0.333 e. The number of benzene rings is 2. The van der Waals surface area contributed by atoms with Crippen molar-refractivity contribution in [3.63, 3.8) is 0 Å². The number of aliphatic carboxylic acids is 1. The zero-order chi connectivity index (χ0) is 30.0. The van der Waals surface area contributed by atoms with Gasteiger partial charge in [0.05, 0.1) is 19.8 Å². The van der Waals surface area contributed by atoms with Crippen LogP contribution in [0.1, 0.15) is 64.4 Å². The van der Waals surface area contributed by atoms with Gasteiger partial charge in [0.2, 0.25) is 0 Å². The van der Waals surface area contributed by atoms with Crippen LogP contribution >= 0.6 is 0 Å². The summed E-state index contributed by atoms with van der Waals surface area (Å²) in [6.45, 7) is 3.34. The highest BCUT2D eigenvalue weighted by atomic mass is 16.5. The zero-order valence-corrected chi connectivity index (χ0v) is 24.2. The van der Waals surface area contributed by atoms with Crippen LogP contribution in [0.25, 0.3) is 0 Å². The number of fused-ring (bicyclic) bond motifs is 2.